The Morgan fingerprint density at radius 1 is 1.23 bits per heavy atom. The van der Waals surface area contributed by atoms with Crippen LogP contribution < -0.4 is 26.8 Å². The van der Waals surface area contributed by atoms with Crippen LogP contribution in [-0.4, -0.2) is 41.1 Å². The SMILES string of the molecule is NSc1ccc(NC(=O)c2cc(N3CCC(O)CC3)nc3sc(C(N)=O)c(N)c23)cc1. The van der Waals surface area contributed by atoms with Crippen LogP contribution in [0.1, 0.15) is 32.9 Å². The number of nitrogens with zero attached hydrogens (tertiary/aromatic N) is 2. The highest BCUT2D eigenvalue weighted by atomic mass is 32.2. The van der Waals surface area contributed by atoms with Crippen molar-refractivity contribution in [3.8, 4) is 0 Å². The van der Waals surface area contributed by atoms with Gasteiger partial charge in [-0.25, -0.2) is 4.98 Å². The van der Waals surface area contributed by atoms with E-state index in [0.717, 1.165) is 28.2 Å². The molecule has 11 heteroatoms. The maximum atomic E-state index is 13.2. The number of piperidine rings is 1. The Morgan fingerprint density at radius 2 is 1.90 bits per heavy atom. The zero-order valence-electron chi connectivity index (χ0n) is 16.5. The molecule has 1 aromatic carbocycles. The van der Waals surface area contributed by atoms with E-state index in [0.29, 0.717) is 53.2 Å². The summed E-state index contributed by atoms with van der Waals surface area (Å²) in [6.07, 6.45) is 0.897. The van der Waals surface area contributed by atoms with Gasteiger partial charge >= 0.3 is 0 Å². The summed E-state index contributed by atoms with van der Waals surface area (Å²) in [7, 11) is 0. The first-order valence-corrected chi connectivity index (χ1v) is 11.3. The molecule has 1 aliphatic heterocycles. The summed E-state index contributed by atoms with van der Waals surface area (Å²) in [5.41, 5.74) is 12.7. The molecule has 4 rings (SSSR count). The lowest BCUT2D eigenvalue weighted by Gasteiger charge is -2.30. The van der Waals surface area contributed by atoms with E-state index >= 15 is 0 Å². The van der Waals surface area contributed by atoms with E-state index in [1.165, 1.54) is 0 Å². The molecule has 9 nitrogen and oxygen atoms in total. The number of thiophene rings is 1. The first-order chi connectivity index (χ1) is 14.9. The standard InChI is InChI=1S/C20H22N6O3S2/c21-16-15-13(19(29)24-10-1-3-12(31-23)4-2-10)9-14(26-7-5-11(27)6-8-26)25-20(15)30-17(16)18(22)28/h1-4,9,11,27H,5-8,21,23H2,(H2,22,28)(H,24,29). The van der Waals surface area contributed by atoms with Gasteiger partial charge in [0.15, 0.2) is 0 Å². The number of amides is 2. The summed E-state index contributed by atoms with van der Waals surface area (Å²) in [5.74, 6) is -0.444. The largest absolute Gasteiger partial charge is 0.397 e. The second-order valence-corrected chi connectivity index (χ2v) is 8.94. The smallest absolute Gasteiger partial charge is 0.260 e. The maximum Gasteiger partial charge on any atom is 0.260 e. The van der Waals surface area contributed by atoms with Gasteiger partial charge in [-0.2, -0.15) is 0 Å². The topological polar surface area (TPSA) is 161 Å². The number of nitrogens with one attached hydrogen (secondary N) is 1. The summed E-state index contributed by atoms with van der Waals surface area (Å²) in [5, 5.41) is 18.6. The normalized spacial score (nSPS) is 14.7. The first-order valence-electron chi connectivity index (χ1n) is 9.61. The third-order valence-corrected chi connectivity index (χ3v) is 6.85. The number of aromatic nitrogens is 1. The minimum absolute atomic E-state index is 0.153. The van der Waals surface area contributed by atoms with Gasteiger partial charge in [-0.3, -0.25) is 14.7 Å². The zero-order valence-corrected chi connectivity index (χ0v) is 18.1. The number of aliphatic hydroxyl groups is 1. The lowest BCUT2D eigenvalue weighted by atomic mass is 10.1. The van der Waals surface area contributed by atoms with Crippen molar-refractivity contribution in [3.05, 3.63) is 40.8 Å². The second-order valence-electron chi connectivity index (χ2n) is 7.23. The number of aliphatic hydroxyl groups excluding tert-OH is 1. The summed E-state index contributed by atoms with van der Waals surface area (Å²) in [6, 6.07) is 8.79. The van der Waals surface area contributed by atoms with Crippen LogP contribution in [0.4, 0.5) is 17.2 Å². The lowest BCUT2D eigenvalue weighted by molar-refractivity contribution is 0.100. The molecule has 3 heterocycles. The first kappa shape index (κ1) is 21.4. The number of nitrogen functional groups attached to an aromatic ring is 1. The summed E-state index contributed by atoms with van der Waals surface area (Å²) < 4.78 is 0. The lowest BCUT2D eigenvalue weighted by Crippen LogP contribution is -2.36. The monoisotopic (exact) mass is 458 g/mol. The molecule has 0 spiro atoms. The van der Waals surface area contributed by atoms with E-state index in [1.54, 1.807) is 30.3 Å². The van der Waals surface area contributed by atoms with Gasteiger partial charge in [0, 0.05) is 29.1 Å². The van der Waals surface area contributed by atoms with Crippen molar-refractivity contribution in [1.29, 1.82) is 0 Å². The number of primary amides is 1. The molecule has 0 atom stereocenters. The quantitative estimate of drug-likeness (QED) is 0.363. The molecule has 0 unspecified atom stereocenters. The third kappa shape index (κ3) is 4.30. The Bertz CT molecular complexity index is 1140. The van der Waals surface area contributed by atoms with Gasteiger partial charge in [-0.15, -0.1) is 11.3 Å². The van der Waals surface area contributed by atoms with Gasteiger partial charge < -0.3 is 26.8 Å². The van der Waals surface area contributed by atoms with Crippen LogP contribution >= 0.6 is 23.3 Å². The van der Waals surface area contributed by atoms with E-state index in [9.17, 15) is 14.7 Å². The predicted octanol–water partition coefficient (Wildman–Crippen LogP) is 2.16. The molecule has 3 aromatic rings. The molecular formula is C20H22N6O3S2. The fourth-order valence-corrected chi connectivity index (χ4v) is 4.80. The second kappa shape index (κ2) is 8.71. The number of anilines is 3. The number of benzene rings is 1. The Morgan fingerprint density at radius 3 is 2.52 bits per heavy atom. The fraction of sp³-hybridized carbons (Fsp3) is 0.250. The van der Waals surface area contributed by atoms with Crippen molar-refractivity contribution in [2.75, 3.05) is 29.0 Å². The Kier molecular flexibility index (Phi) is 6.01. The summed E-state index contributed by atoms with van der Waals surface area (Å²) in [6.45, 7) is 1.23. The van der Waals surface area contributed by atoms with Crippen LogP contribution in [0.3, 0.4) is 0 Å². The highest BCUT2D eigenvalue weighted by Crippen LogP contribution is 2.37. The summed E-state index contributed by atoms with van der Waals surface area (Å²) >= 11 is 2.19. The molecule has 1 aliphatic rings. The van der Waals surface area contributed by atoms with Crippen LogP contribution in [-0.2, 0) is 0 Å². The molecular weight excluding hydrogens is 436 g/mol. The average molecular weight is 459 g/mol. The van der Waals surface area contributed by atoms with Crippen molar-refractivity contribution in [2.45, 2.75) is 23.8 Å². The highest BCUT2D eigenvalue weighted by molar-refractivity contribution is 7.97. The number of rotatable bonds is 5. The number of hydrogen-bond acceptors (Lipinski definition) is 9. The van der Waals surface area contributed by atoms with E-state index in [-0.39, 0.29) is 22.6 Å². The molecule has 1 fully saturated rings. The minimum Gasteiger partial charge on any atom is -0.397 e. The van der Waals surface area contributed by atoms with Gasteiger partial charge in [0.05, 0.1) is 17.4 Å². The molecule has 0 aliphatic carbocycles. The average Bonchev–Trinajstić information content (AvgIpc) is 3.11. The third-order valence-electron chi connectivity index (χ3n) is 5.19. The van der Waals surface area contributed by atoms with Crippen LogP contribution in [0, 0.1) is 0 Å². The van der Waals surface area contributed by atoms with Gasteiger partial charge in [0.1, 0.15) is 15.5 Å². The van der Waals surface area contributed by atoms with E-state index in [2.05, 4.69) is 10.3 Å². The van der Waals surface area contributed by atoms with Gasteiger partial charge in [0.25, 0.3) is 11.8 Å². The van der Waals surface area contributed by atoms with Crippen molar-refractivity contribution in [3.63, 3.8) is 0 Å². The Labute approximate surface area is 186 Å². The fourth-order valence-electron chi connectivity index (χ4n) is 3.54. The molecule has 31 heavy (non-hydrogen) atoms. The number of nitrogens with two attached hydrogens (primary N) is 3. The number of carbonyl (C=O) groups is 2. The molecule has 2 amide bonds. The van der Waals surface area contributed by atoms with Gasteiger partial charge in [-0.1, -0.05) is 0 Å². The maximum absolute atomic E-state index is 13.2. The van der Waals surface area contributed by atoms with Crippen LogP contribution in [0.2, 0.25) is 0 Å². The molecule has 162 valence electrons. The van der Waals surface area contributed by atoms with E-state index in [1.807, 2.05) is 4.90 Å². The number of carbonyl (C=O) groups excluding carboxylic acids is 2. The highest BCUT2D eigenvalue weighted by Gasteiger charge is 2.25. The van der Waals surface area contributed by atoms with Crippen LogP contribution in [0.25, 0.3) is 10.2 Å². The molecule has 0 bridgehead atoms. The van der Waals surface area contributed by atoms with Gasteiger partial charge in [0.2, 0.25) is 0 Å². The predicted molar refractivity (Wildman–Crippen MR) is 124 cm³/mol. The van der Waals surface area contributed by atoms with Crippen molar-refractivity contribution in [1.82, 2.24) is 4.98 Å². The summed E-state index contributed by atoms with van der Waals surface area (Å²) in [4.78, 5) is 33.2. The molecule has 8 N–H and O–H groups in total. The molecule has 0 radical (unpaired) electrons. The number of pyridine rings is 1. The Hall–Kier alpha value is -2.86. The minimum atomic E-state index is -0.663. The van der Waals surface area contributed by atoms with Crippen molar-refractivity contribution in [2.24, 2.45) is 10.9 Å². The number of fused-ring (bicyclic) bond motifs is 1. The van der Waals surface area contributed by atoms with Gasteiger partial charge in [-0.05, 0) is 55.1 Å². The Balaban J connectivity index is 1.76. The molecule has 0 saturated carbocycles. The van der Waals surface area contributed by atoms with Crippen molar-refractivity contribution >= 4 is 62.5 Å². The van der Waals surface area contributed by atoms with E-state index in [4.69, 9.17) is 16.6 Å². The molecule has 2 aromatic heterocycles. The number of hydrogen-bond donors (Lipinski definition) is 5. The van der Waals surface area contributed by atoms with E-state index < -0.39 is 5.91 Å². The van der Waals surface area contributed by atoms with Crippen LogP contribution in [0.15, 0.2) is 35.2 Å². The zero-order chi connectivity index (χ0) is 22.1. The van der Waals surface area contributed by atoms with Crippen molar-refractivity contribution < 1.29 is 14.7 Å². The van der Waals surface area contributed by atoms with Crippen LogP contribution in [0.5, 0.6) is 0 Å². The molecule has 1 saturated heterocycles.